The Balaban J connectivity index is 2.19. The van der Waals surface area contributed by atoms with Crippen LogP contribution in [0.2, 0.25) is 0 Å². The number of rotatable bonds is 3. The third kappa shape index (κ3) is 1.75. The molecule has 0 unspecified atom stereocenters. The molecular formula is C10H17N3S. The molecule has 0 aliphatic heterocycles. The van der Waals surface area contributed by atoms with E-state index in [-0.39, 0.29) is 0 Å². The number of nitrogens with zero attached hydrogens (tertiary/aromatic N) is 2. The summed E-state index contributed by atoms with van der Waals surface area (Å²) >= 11 is 5.20. The van der Waals surface area contributed by atoms with Gasteiger partial charge in [-0.3, -0.25) is 5.10 Å². The molecule has 0 radical (unpaired) electrons. The van der Waals surface area contributed by atoms with Gasteiger partial charge in [0.25, 0.3) is 0 Å². The van der Waals surface area contributed by atoms with Crippen molar-refractivity contribution >= 4 is 12.2 Å². The molecule has 78 valence electrons. The van der Waals surface area contributed by atoms with Crippen molar-refractivity contribution in [2.45, 2.75) is 45.6 Å². The third-order valence-electron chi connectivity index (χ3n) is 2.99. The van der Waals surface area contributed by atoms with E-state index in [1.165, 1.54) is 19.3 Å². The third-order valence-corrected chi connectivity index (χ3v) is 3.28. The van der Waals surface area contributed by atoms with Crippen molar-refractivity contribution in [3.63, 3.8) is 0 Å². The number of aromatic nitrogens is 3. The van der Waals surface area contributed by atoms with Crippen LogP contribution in [0.3, 0.4) is 0 Å². The van der Waals surface area contributed by atoms with Gasteiger partial charge in [0.1, 0.15) is 5.82 Å². The van der Waals surface area contributed by atoms with E-state index in [9.17, 15) is 0 Å². The fourth-order valence-corrected chi connectivity index (χ4v) is 2.33. The molecule has 0 bridgehead atoms. The lowest BCUT2D eigenvalue weighted by Gasteiger charge is -2.25. The molecule has 0 aromatic carbocycles. The molecule has 1 heterocycles. The quantitative estimate of drug-likeness (QED) is 0.780. The molecule has 0 spiro atoms. The van der Waals surface area contributed by atoms with Crippen LogP contribution in [-0.4, -0.2) is 14.8 Å². The summed E-state index contributed by atoms with van der Waals surface area (Å²) in [4.78, 5) is 0. The zero-order valence-corrected chi connectivity index (χ0v) is 9.60. The lowest BCUT2D eigenvalue weighted by atomic mass is 9.83. The first kappa shape index (κ1) is 9.90. The van der Waals surface area contributed by atoms with E-state index >= 15 is 0 Å². The van der Waals surface area contributed by atoms with Crippen LogP contribution in [0.5, 0.6) is 0 Å². The van der Waals surface area contributed by atoms with Gasteiger partial charge >= 0.3 is 0 Å². The lowest BCUT2D eigenvalue weighted by molar-refractivity contribution is 0.303. The van der Waals surface area contributed by atoms with E-state index in [2.05, 4.69) is 28.6 Å². The minimum atomic E-state index is 0.413. The molecule has 2 rings (SSSR count). The molecule has 1 saturated carbocycles. The predicted molar refractivity (Wildman–Crippen MR) is 58.8 cm³/mol. The molecular weight excluding hydrogens is 194 g/mol. The van der Waals surface area contributed by atoms with Crippen molar-refractivity contribution in [3.05, 3.63) is 10.6 Å². The monoisotopic (exact) mass is 211 g/mol. The van der Waals surface area contributed by atoms with Crippen molar-refractivity contribution < 1.29 is 0 Å². The van der Waals surface area contributed by atoms with Gasteiger partial charge in [-0.05, 0) is 32.0 Å². The summed E-state index contributed by atoms with van der Waals surface area (Å²) in [5.74, 6) is 1.98. The Labute approximate surface area is 89.5 Å². The van der Waals surface area contributed by atoms with Crippen molar-refractivity contribution in [2.75, 3.05) is 0 Å². The Morgan fingerprint density at radius 2 is 2.29 bits per heavy atom. The second-order valence-electron chi connectivity index (χ2n) is 4.41. The second kappa shape index (κ2) is 3.85. The SMILES string of the molecule is CC(C)n1c(CC2CCC2)n[nH]c1=S. The zero-order chi connectivity index (χ0) is 10.1. The summed E-state index contributed by atoms with van der Waals surface area (Å²) in [5.41, 5.74) is 0. The highest BCUT2D eigenvalue weighted by Crippen LogP contribution is 2.29. The van der Waals surface area contributed by atoms with Crippen LogP contribution < -0.4 is 0 Å². The predicted octanol–water partition coefficient (Wildman–Crippen LogP) is 2.86. The number of aromatic amines is 1. The molecule has 1 N–H and O–H groups in total. The summed E-state index contributed by atoms with van der Waals surface area (Å²) < 4.78 is 2.89. The van der Waals surface area contributed by atoms with Gasteiger partial charge in [0.05, 0.1) is 0 Å². The Morgan fingerprint density at radius 3 is 2.79 bits per heavy atom. The first-order valence-corrected chi connectivity index (χ1v) is 5.75. The van der Waals surface area contributed by atoms with Crippen LogP contribution >= 0.6 is 12.2 Å². The summed E-state index contributed by atoms with van der Waals surface area (Å²) in [5, 5.41) is 7.19. The van der Waals surface area contributed by atoms with Gasteiger partial charge in [-0.1, -0.05) is 19.3 Å². The Morgan fingerprint density at radius 1 is 1.57 bits per heavy atom. The molecule has 1 fully saturated rings. The number of hydrogen-bond acceptors (Lipinski definition) is 2. The Bertz CT molecular complexity index is 360. The van der Waals surface area contributed by atoms with E-state index in [1.807, 2.05) is 0 Å². The molecule has 3 nitrogen and oxygen atoms in total. The van der Waals surface area contributed by atoms with Crippen molar-refractivity contribution in [1.29, 1.82) is 0 Å². The van der Waals surface area contributed by atoms with Gasteiger partial charge in [0, 0.05) is 12.5 Å². The van der Waals surface area contributed by atoms with Crippen molar-refractivity contribution in [2.24, 2.45) is 5.92 Å². The van der Waals surface area contributed by atoms with Gasteiger partial charge in [-0.2, -0.15) is 5.10 Å². The summed E-state index contributed by atoms with van der Waals surface area (Å²) in [6.45, 7) is 4.30. The van der Waals surface area contributed by atoms with Crippen molar-refractivity contribution in [1.82, 2.24) is 14.8 Å². The summed E-state index contributed by atoms with van der Waals surface area (Å²) in [7, 11) is 0. The molecule has 1 aliphatic rings. The van der Waals surface area contributed by atoms with Crippen molar-refractivity contribution in [3.8, 4) is 0 Å². The van der Waals surface area contributed by atoms with E-state index < -0.39 is 0 Å². The van der Waals surface area contributed by atoms with E-state index in [0.717, 1.165) is 22.9 Å². The highest BCUT2D eigenvalue weighted by molar-refractivity contribution is 7.71. The molecule has 0 atom stereocenters. The van der Waals surface area contributed by atoms with Crippen LogP contribution in [0.15, 0.2) is 0 Å². The summed E-state index contributed by atoms with van der Waals surface area (Å²) in [6.07, 6.45) is 5.19. The van der Waals surface area contributed by atoms with Gasteiger partial charge in [0.2, 0.25) is 0 Å². The molecule has 0 amide bonds. The highest BCUT2D eigenvalue weighted by atomic mass is 32.1. The first-order valence-electron chi connectivity index (χ1n) is 5.34. The second-order valence-corrected chi connectivity index (χ2v) is 4.80. The Hall–Kier alpha value is -0.640. The minimum absolute atomic E-state index is 0.413. The molecule has 0 saturated heterocycles. The maximum Gasteiger partial charge on any atom is 0.195 e. The van der Waals surface area contributed by atoms with Gasteiger partial charge in [-0.15, -0.1) is 0 Å². The van der Waals surface area contributed by atoms with E-state index in [4.69, 9.17) is 12.2 Å². The standard InChI is InChI=1S/C10H17N3S/c1-7(2)13-9(11-12-10(13)14)6-8-4-3-5-8/h7-8H,3-6H2,1-2H3,(H,12,14). The smallest absolute Gasteiger partial charge is 0.195 e. The number of H-pyrrole nitrogens is 1. The number of hydrogen-bond donors (Lipinski definition) is 1. The van der Waals surface area contributed by atoms with E-state index in [1.54, 1.807) is 0 Å². The fourth-order valence-electron chi connectivity index (χ4n) is 1.97. The van der Waals surface area contributed by atoms with Crippen LogP contribution in [0.4, 0.5) is 0 Å². The van der Waals surface area contributed by atoms with Gasteiger partial charge in [0.15, 0.2) is 4.77 Å². The van der Waals surface area contributed by atoms with Crippen LogP contribution in [0, 0.1) is 10.7 Å². The average molecular weight is 211 g/mol. The molecule has 1 aromatic heterocycles. The average Bonchev–Trinajstić information content (AvgIpc) is 2.39. The van der Waals surface area contributed by atoms with Crippen LogP contribution in [0.25, 0.3) is 0 Å². The highest BCUT2D eigenvalue weighted by Gasteiger charge is 2.21. The minimum Gasteiger partial charge on any atom is -0.302 e. The molecule has 14 heavy (non-hydrogen) atoms. The zero-order valence-electron chi connectivity index (χ0n) is 8.79. The van der Waals surface area contributed by atoms with Crippen LogP contribution in [0.1, 0.15) is 45.0 Å². The summed E-state index contributed by atoms with van der Waals surface area (Å²) in [6, 6.07) is 0.413. The Kier molecular flexibility index (Phi) is 2.72. The molecule has 4 heteroatoms. The number of nitrogens with one attached hydrogen (secondary N) is 1. The van der Waals surface area contributed by atoms with Crippen LogP contribution in [-0.2, 0) is 6.42 Å². The normalized spacial score (nSPS) is 17.4. The molecule has 1 aliphatic carbocycles. The lowest BCUT2D eigenvalue weighted by Crippen LogP contribution is -2.17. The van der Waals surface area contributed by atoms with Gasteiger partial charge in [-0.25, -0.2) is 0 Å². The largest absolute Gasteiger partial charge is 0.302 e. The van der Waals surface area contributed by atoms with Gasteiger partial charge < -0.3 is 4.57 Å². The maximum absolute atomic E-state index is 5.20. The first-order chi connectivity index (χ1) is 6.68. The molecule has 1 aromatic rings. The fraction of sp³-hybridized carbons (Fsp3) is 0.800. The maximum atomic E-state index is 5.20. The topological polar surface area (TPSA) is 33.6 Å². The van der Waals surface area contributed by atoms with E-state index in [0.29, 0.717) is 6.04 Å².